The molecule has 1 N–H and O–H groups in total. The van der Waals surface area contributed by atoms with E-state index >= 15 is 0 Å². The lowest BCUT2D eigenvalue weighted by Crippen LogP contribution is -2.13. The van der Waals surface area contributed by atoms with Crippen molar-refractivity contribution < 1.29 is 9.32 Å². The minimum atomic E-state index is -0.209. The first-order valence-electron chi connectivity index (χ1n) is 11.0. The molecule has 8 nitrogen and oxygen atoms in total. The molecule has 0 fully saturated rings. The number of nitrogens with zero attached hydrogens (tertiary/aromatic N) is 5. The number of anilines is 1. The van der Waals surface area contributed by atoms with Crippen LogP contribution in [0.5, 0.6) is 0 Å². The number of thioether (sulfide) groups is 1. The van der Waals surface area contributed by atoms with Crippen molar-refractivity contribution in [1.82, 2.24) is 24.9 Å². The van der Waals surface area contributed by atoms with E-state index in [9.17, 15) is 4.79 Å². The van der Waals surface area contributed by atoms with Gasteiger partial charge in [-0.05, 0) is 44.0 Å². The lowest BCUT2D eigenvalue weighted by molar-refractivity contribution is 0.102. The van der Waals surface area contributed by atoms with Gasteiger partial charge in [0.15, 0.2) is 5.82 Å². The minimum absolute atomic E-state index is 0.209. The van der Waals surface area contributed by atoms with Gasteiger partial charge in [-0.3, -0.25) is 4.79 Å². The number of aromatic nitrogens is 5. The molecule has 1 aliphatic heterocycles. The minimum Gasteiger partial charge on any atom is -0.361 e. The van der Waals surface area contributed by atoms with Crippen molar-refractivity contribution in [3.05, 3.63) is 71.5 Å². The molecule has 3 aromatic heterocycles. The summed E-state index contributed by atoms with van der Waals surface area (Å²) >= 11 is 1.45. The molecule has 0 saturated carbocycles. The predicted octanol–water partition coefficient (Wildman–Crippen LogP) is 4.91. The largest absolute Gasteiger partial charge is 0.361 e. The number of carbonyl (C=O) groups excluding carboxylic acids is 1. The SMILES string of the molecule is Cc1cc(CSc2ncccc2C(=O)Nc2cccc(-c3nnc4n3CCCCC4)c2)no1. The number of carbonyl (C=O) groups is 1. The average Bonchev–Trinajstić information content (AvgIpc) is 3.36. The van der Waals surface area contributed by atoms with E-state index in [1.54, 1.807) is 18.3 Å². The number of hydrogen-bond acceptors (Lipinski definition) is 7. The van der Waals surface area contributed by atoms with E-state index in [1.165, 1.54) is 18.2 Å². The molecule has 0 spiro atoms. The lowest BCUT2D eigenvalue weighted by atomic mass is 10.1. The summed E-state index contributed by atoms with van der Waals surface area (Å²) < 4.78 is 7.32. The molecule has 1 amide bonds. The van der Waals surface area contributed by atoms with Crippen LogP contribution in [0.4, 0.5) is 5.69 Å². The Labute approximate surface area is 195 Å². The number of fused-ring (bicyclic) bond motifs is 1. The third-order valence-corrected chi connectivity index (χ3v) is 6.58. The Balaban J connectivity index is 1.34. The molecule has 0 aliphatic carbocycles. The van der Waals surface area contributed by atoms with Gasteiger partial charge in [0.2, 0.25) is 0 Å². The van der Waals surface area contributed by atoms with Gasteiger partial charge in [0.25, 0.3) is 5.91 Å². The van der Waals surface area contributed by atoms with Crippen molar-refractivity contribution in [3.63, 3.8) is 0 Å². The van der Waals surface area contributed by atoms with E-state index < -0.39 is 0 Å². The van der Waals surface area contributed by atoms with Crippen LogP contribution in [0.25, 0.3) is 11.4 Å². The van der Waals surface area contributed by atoms with Crippen LogP contribution in [0.3, 0.4) is 0 Å². The summed E-state index contributed by atoms with van der Waals surface area (Å²) in [5, 5.41) is 16.5. The summed E-state index contributed by atoms with van der Waals surface area (Å²) in [5.74, 6) is 3.01. The molecule has 5 rings (SSSR count). The van der Waals surface area contributed by atoms with Crippen molar-refractivity contribution in [2.24, 2.45) is 0 Å². The highest BCUT2D eigenvalue weighted by atomic mass is 32.2. The molecule has 0 unspecified atom stereocenters. The Morgan fingerprint density at radius 1 is 1.15 bits per heavy atom. The maximum absolute atomic E-state index is 13.1. The van der Waals surface area contributed by atoms with Crippen molar-refractivity contribution >= 4 is 23.4 Å². The highest BCUT2D eigenvalue weighted by molar-refractivity contribution is 7.98. The molecule has 1 aromatic carbocycles. The van der Waals surface area contributed by atoms with Crippen LogP contribution in [0.2, 0.25) is 0 Å². The van der Waals surface area contributed by atoms with Gasteiger partial charge in [0.05, 0.1) is 11.3 Å². The summed E-state index contributed by atoms with van der Waals surface area (Å²) in [6.07, 6.45) is 6.13. The summed E-state index contributed by atoms with van der Waals surface area (Å²) in [6.45, 7) is 2.78. The van der Waals surface area contributed by atoms with Gasteiger partial charge in [-0.1, -0.05) is 35.5 Å². The number of rotatable bonds is 6. The van der Waals surface area contributed by atoms with Gasteiger partial charge in [0, 0.05) is 42.2 Å². The fourth-order valence-corrected chi connectivity index (χ4v) is 4.81. The van der Waals surface area contributed by atoms with Crippen molar-refractivity contribution in [2.45, 2.75) is 49.9 Å². The van der Waals surface area contributed by atoms with E-state index in [-0.39, 0.29) is 5.91 Å². The Morgan fingerprint density at radius 3 is 2.97 bits per heavy atom. The molecule has 33 heavy (non-hydrogen) atoms. The highest BCUT2D eigenvalue weighted by Crippen LogP contribution is 2.27. The van der Waals surface area contributed by atoms with E-state index in [4.69, 9.17) is 4.52 Å². The molecular weight excluding hydrogens is 436 g/mol. The number of aryl methyl sites for hydroxylation is 2. The second-order valence-electron chi connectivity index (χ2n) is 8.01. The number of nitrogens with one attached hydrogen (secondary N) is 1. The highest BCUT2D eigenvalue weighted by Gasteiger charge is 2.18. The lowest BCUT2D eigenvalue weighted by Gasteiger charge is -2.11. The van der Waals surface area contributed by atoms with Crippen LogP contribution >= 0.6 is 11.8 Å². The number of amides is 1. The zero-order valence-corrected chi connectivity index (χ0v) is 19.1. The molecule has 168 valence electrons. The van der Waals surface area contributed by atoms with Gasteiger partial charge in [0.1, 0.15) is 16.6 Å². The van der Waals surface area contributed by atoms with Gasteiger partial charge >= 0.3 is 0 Å². The van der Waals surface area contributed by atoms with Crippen LogP contribution in [0.1, 0.15) is 46.9 Å². The summed E-state index contributed by atoms with van der Waals surface area (Å²) in [5.41, 5.74) is 2.98. The molecule has 4 heterocycles. The monoisotopic (exact) mass is 460 g/mol. The van der Waals surface area contributed by atoms with Gasteiger partial charge in [-0.2, -0.15) is 0 Å². The zero-order chi connectivity index (χ0) is 22.6. The van der Waals surface area contributed by atoms with Crippen molar-refractivity contribution in [1.29, 1.82) is 0 Å². The maximum Gasteiger partial charge on any atom is 0.258 e. The van der Waals surface area contributed by atoms with Crippen molar-refractivity contribution in [2.75, 3.05) is 5.32 Å². The van der Waals surface area contributed by atoms with E-state index in [0.717, 1.165) is 54.5 Å². The first-order chi connectivity index (χ1) is 16.2. The Kier molecular flexibility index (Phi) is 6.21. The first-order valence-corrected chi connectivity index (χ1v) is 12.0. The molecule has 0 atom stereocenters. The maximum atomic E-state index is 13.1. The fraction of sp³-hybridized carbons (Fsp3) is 0.292. The molecule has 0 saturated heterocycles. The summed E-state index contributed by atoms with van der Waals surface area (Å²) in [4.78, 5) is 17.5. The van der Waals surface area contributed by atoms with Crippen LogP contribution < -0.4 is 5.32 Å². The molecule has 9 heteroatoms. The fourth-order valence-electron chi connectivity index (χ4n) is 3.94. The first kappa shape index (κ1) is 21.4. The third kappa shape index (κ3) is 4.83. The number of benzene rings is 1. The Bertz CT molecular complexity index is 1280. The van der Waals surface area contributed by atoms with Crippen molar-refractivity contribution in [3.8, 4) is 11.4 Å². The summed E-state index contributed by atoms with van der Waals surface area (Å²) in [7, 11) is 0. The third-order valence-electron chi connectivity index (χ3n) is 5.54. The van der Waals surface area contributed by atoms with Gasteiger partial charge in [-0.25, -0.2) is 4.98 Å². The second-order valence-corrected chi connectivity index (χ2v) is 8.97. The van der Waals surface area contributed by atoms with Gasteiger partial charge < -0.3 is 14.4 Å². The standard InChI is InChI=1S/C24H24N6O2S/c1-16-13-19(29-32-16)15-33-24-20(9-6-11-25-24)23(31)26-18-8-5-7-17(14-18)22-28-27-21-10-3-2-4-12-30(21)22/h5-9,11,13-14H,2-4,10,12,15H2,1H3,(H,26,31). The summed E-state index contributed by atoms with van der Waals surface area (Å²) in [6, 6.07) is 13.2. The van der Waals surface area contributed by atoms with Crippen LogP contribution in [-0.4, -0.2) is 30.8 Å². The Morgan fingerprint density at radius 2 is 2.09 bits per heavy atom. The van der Waals surface area contributed by atoms with E-state index in [0.29, 0.717) is 22.0 Å². The van der Waals surface area contributed by atoms with Crippen LogP contribution in [0.15, 0.2) is 58.2 Å². The van der Waals surface area contributed by atoms with E-state index in [1.807, 2.05) is 37.3 Å². The van der Waals surface area contributed by atoms with Crippen LogP contribution in [0, 0.1) is 6.92 Å². The number of pyridine rings is 1. The average molecular weight is 461 g/mol. The molecular formula is C24H24N6O2S. The second kappa shape index (κ2) is 9.58. The van der Waals surface area contributed by atoms with E-state index in [2.05, 4.69) is 30.2 Å². The molecule has 0 radical (unpaired) electrons. The quantitative estimate of drug-likeness (QED) is 0.408. The number of hydrogen-bond donors (Lipinski definition) is 1. The molecule has 0 bridgehead atoms. The normalized spacial score (nSPS) is 13.4. The smallest absolute Gasteiger partial charge is 0.258 e. The predicted molar refractivity (Wildman–Crippen MR) is 126 cm³/mol. The topological polar surface area (TPSA) is 98.7 Å². The molecule has 1 aliphatic rings. The van der Waals surface area contributed by atoms with Gasteiger partial charge in [-0.15, -0.1) is 10.2 Å². The Hall–Kier alpha value is -3.46. The molecule has 4 aromatic rings. The van der Waals surface area contributed by atoms with Crippen LogP contribution in [-0.2, 0) is 18.7 Å². The zero-order valence-electron chi connectivity index (χ0n) is 18.3.